The van der Waals surface area contributed by atoms with Gasteiger partial charge in [-0.2, -0.15) is 8.42 Å². The van der Waals surface area contributed by atoms with Crippen LogP contribution in [0.1, 0.15) is 57.4 Å². The molecule has 0 saturated heterocycles. The van der Waals surface area contributed by atoms with Crippen LogP contribution < -0.4 is 4.18 Å². The molecule has 0 radical (unpaired) electrons. The molecule has 1 aromatic rings. The van der Waals surface area contributed by atoms with Gasteiger partial charge in [-0.15, -0.1) is 0 Å². The minimum atomic E-state index is -3.58. The van der Waals surface area contributed by atoms with Crippen molar-refractivity contribution in [3.63, 3.8) is 0 Å². The van der Waals surface area contributed by atoms with Gasteiger partial charge in [-0.3, -0.25) is 4.79 Å². The molecule has 0 spiro atoms. The van der Waals surface area contributed by atoms with Gasteiger partial charge in [0.1, 0.15) is 5.75 Å². The van der Waals surface area contributed by atoms with E-state index in [0.29, 0.717) is 26.1 Å². The van der Waals surface area contributed by atoms with Gasteiger partial charge in [0.2, 0.25) is 5.91 Å². The van der Waals surface area contributed by atoms with E-state index in [4.69, 9.17) is 8.92 Å². The van der Waals surface area contributed by atoms with Gasteiger partial charge in [-0.25, -0.2) is 0 Å². The summed E-state index contributed by atoms with van der Waals surface area (Å²) in [5, 5.41) is 0. The molecular formula is C20H33NO5S. The minimum Gasteiger partial charge on any atom is -0.383 e. The zero-order valence-electron chi connectivity index (χ0n) is 16.8. The molecule has 27 heavy (non-hydrogen) atoms. The van der Waals surface area contributed by atoms with Crippen molar-refractivity contribution in [1.82, 2.24) is 4.90 Å². The van der Waals surface area contributed by atoms with Crippen LogP contribution in [0.4, 0.5) is 0 Å². The molecule has 6 nitrogen and oxygen atoms in total. The van der Waals surface area contributed by atoms with Gasteiger partial charge in [0.25, 0.3) is 0 Å². The average molecular weight is 400 g/mol. The maximum Gasteiger partial charge on any atom is 0.306 e. The molecule has 0 saturated carbocycles. The molecule has 1 aromatic carbocycles. The van der Waals surface area contributed by atoms with E-state index in [1.807, 2.05) is 6.07 Å². The highest BCUT2D eigenvalue weighted by atomic mass is 32.2. The molecule has 0 aliphatic heterocycles. The van der Waals surface area contributed by atoms with Crippen molar-refractivity contribution in [2.24, 2.45) is 0 Å². The predicted octanol–water partition coefficient (Wildman–Crippen LogP) is 3.75. The summed E-state index contributed by atoms with van der Waals surface area (Å²) in [6.07, 6.45) is 8.36. The third-order valence-corrected chi connectivity index (χ3v) is 4.68. The molecule has 7 heteroatoms. The van der Waals surface area contributed by atoms with Crippen LogP contribution in [0, 0.1) is 0 Å². The first-order valence-corrected chi connectivity index (χ1v) is 11.4. The van der Waals surface area contributed by atoms with E-state index in [-0.39, 0.29) is 11.7 Å². The first kappa shape index (κ1) is 23.4. The molecule has 0 fully saturated rings. The fraction of sp³-hybridized carbons (Fsp3) is 0.650. The zero-order valence-corrected chi connectivity index (χ0v) is 17.6. The molecule has 0 atom stereocenters. The van der Waals surface area contributed by atoms with Gasteiger partial charge in [-0.1, -0.05) is 51.2 Å². The number of hydrogen-bond donors (Lipinski definition) is 0. The van der Waals surface area contributed by atoms with Gasteiger partial charge in [-0.05, 0) is 24.1 Å². The highest BCUT2D eigenvalue weighted by Crippen LogP contribution is 2.17. The first-order chi connectivity index (χ1) is 12.9. The standard InChI is InChI=1S/C20H33NO5S/c1-4-5-6-7-8-9-13-20(22)21(14-15-25-2)17-18-11-10-12-19(16-18)26-27(3,23)24/h10-12,16H,4-9,13-15,17H2,1-3H3. The van der Waals surface area contributed by atoms with E-state index in [1.165, 1.54) is 25.7 Å². The maximum atomic E-state index is 12.6. The quantitative estimate of drug-likeness (QED) is 0.352. The third kappa shape index (κ3) is 11.0. The fourth-order valence-corrected chi connectivity index (χ4v) is 3.25. The Kier molecular flexibility index (Phi) is 11.0. The molecule has 0 aliphatic carbocycles. The molecule has 154 valence electrons. The second kappa shape index (κ2) is 12.7. The van der Waals surface area contributed by atoms with Crippen molar-refractivity contribution < 1.29 is 22.1 Å². The van der Waals surface area contributed by atoms with E-state index >= 15 is 0 Å². The Balaban J connectivity index is 2.63. The van der Waals surface area contributed by atoms with Crippen molar-refractivity contribution in [2.45, 2.75) is 58.4 Å². The number of rotatable bonds is 14. The Morgan fingerprint density at radius 3 is 2.48 bits per heavy atom. The molecular weight excluding hydrogens is 366 g/mol. The molecule has 0 unspecified atom stereocenters. The predicted molar refractivity (Wildman–Crippen MR) is 107 cm³/mol. The molecule has 0 aliphatic rings. The van der Waals surface area contributed by atoms with E-state index in [0.717, 1.165) is 24.7 Å². The molecule has 0 aromatic heterocycles. The van der Waals surface area contributed by atoms with Crippen LogP contribution in [0.15, 0.2) is 24.3 Å². The van der Waals surface area contributed by atoms with Crippen LogP contribution in [0.5, 0.6) is 5.75 Å². The monoisotopic (exact) mass is 399 g/mol. The number of amides is 1. The van der Waals surface area contributed by atoms with Crippen molar-refractivity contribution in [3.05, 3.63) is 29.8 Å². The molecule has 1 amide bonds. The largest absolute Gasteiger partial charge is 0.383 e. The van der Waals surface area contributed by atoms with Crippen LogP contribution in [-0.2, 0) is 26.2 Å². The SMILES string of the molecule is CCCCCCCCC(=O)N(CCOC)Cc1cccc(OS(C)(=O)=O)c1. The van der Waals surface area contributed by atoms with Crippen LogP contribution in [0.2, 0.25) is 0 Å². The summed E-state index contributed by atoms with van der Waals surface area (Å²) >= 11 is 0. The van der Waals surface area contributed by atoms with Gasteiger partial charge < -0.3 is 13.8 Å². The fourth-order valence-electron chi connectivity index (χ4n) is 2.80. The second-order valence-corrected chi connectivity index (χ2v) is 8.34. The van der Waals surface area contributed by atoms with E-state index < -0.39 is 10.1 Å². The van der Waals surface area contributed by atoms with Crippen molar-refractivity contribution in [1.29, 1.82) is 0 Å². The number of benzene rings is 1. The van der Waals surface area contributed by atoms with Crippen LogP contribution in [-0.4, -0.2) is 45.7 Å². The Morgan fingerprint density at radius 1 is 1.11 bits per heavy atom. The normalized spacial score (nSPS) is 11.4. The summed E-state index contributed by atoms with van der Waals surface area (Å²) in [6, 6.07) is 6.82. The summed E-state index contributed by atoms with van der Waals surface area (Å²) in [6.45, 7) is 3.55. The van der Waals surface area contributed by atoms with Gasteiger partial charge in [0, 0.05) is 26.6 Å². The summed E-state index contributed by atoms with van der Waals surface area (Å²) in [5.74, 6) is 0.349. The Morgan fingerprint density at radius 2 is 1.81 bits per heavy atom. The van der Waals surface area contributed by atoms with Crippen molar-refractivity contribution in [3.8, 4) is 5.75 Å². The Hall–Kier alpha value is -1.60. The van der Waals surface area contributed by atoms with Crippen molar-refractivity contribution >= 4 is 16.0 Å². The number of methoxy groups -OCH3 is 1. The highest BCUT2D eigenvalue weighted by Gasteiger charge is 2.14. The van der Waals surface area contributed by atoms with Gasteiger partial charge in [0.15, 0.2) is 0 Å². The number of unbranched alkanes of at least 4 members (excludes halogenated alkanes) is 5. The lowest BCUT2D eigenvalue weighted by molar-refractivity contribution is -0.132. The lowest BCUT2D eigenvalue weighted by Crippen LogP contribution is -2.33. The van der Waals surface area contributed by atoms with E-state index in [9.17, 15) is 13.2 Å². The summed E-state index contributed by atoms with van der Waals surface area (Å²) in [7, 11) is -1.97. The Labute approximate surface area is 164 Å². The Bertz CT molecular complexity index is 660. The second-order valence-electron chi connectivity index (χ2n) is 6.76. The molecule has 0 heterocycles. The molecule has 0 bridgehead atoms. The number of carbonyl (C=O) groups excluding carboxylic acids is 1. The van der Waals surface area contributed by atoms with E-state index in [1.54, 1.807) is 30.2 Å². The minimum absolute atomic E-state index is 0.0944. The number of ether oxygens (including phenoxy) is 1. The van der Waals surface area contributed by atoms with Crippen molar-refractivity contribution in [2.75, 3.05) is 26.5 Å². The van der Waals surface area contributed by atoms with Gasteiger partial charge in [0.05, 0.1) is 12.9 Å². The molecule has 0 N–H and O–H groups in total. The van der Waals surface area contributed by atoms with Crippen LogP contribution in [0.3, 0.4) is 0 Å². The first-order valence-electron chi connectivity index (χ1n) is 9.61. The smallest absolute Gasteiger partial charge is 0.306 e. The highest BCUT2D eigenvalue weighted by molar-refractivity contribution is 7.86. The number of nitrogens with zero attached hydrogens (tertiary/aromatic N) is 1. The van der Waals surface area contributed by atoms with Crippen LogP contribution in [0.25, 0.3) is 0 Å². The van der Waals surface area contributed by atoms with E-state index in [2.05, 4.69) is 6.92 Å². The number of hydrogen-bond acceptors (Lipinski definition) is 5. The summed E-state index contributed by atoms with van der Waals surface area (Å²) in [5.41, 5.74) is 0.823. The molecule has 1 rings (SSSR count). The lowest BCUT2D eigenvalue weighted by atomic mass is 10.1. The summed E-state index contributed by atoms with van der Waals surface area (Å²) in [4.78, 5) is 14.4. The van der Waals surface area contributed by atoms with Gasteiger partial charge >= 0.3 is 10.1 Å². The lowest BCUT2D eigenvalue weighted by Gasteiger charge is -2.23. The number of carbonyl (C=O) groups is 1. The van der Waals surface area contributed by atoms with Crippen LogP contribution >= 0.6 is 0 Å². The maximum absolute atomic E-state index is 12.6. The third-order valence-electron chi connectivity index (χ3n) is 4.18. The zero-order chi connectivity index (χ0) is 20.1. The summed E-state index contributed by atoms with van der Waals surface area (Å²) < 4.78 is 32.6. The average Bonchev–Trinajstić information content (AvgIpc) is 2.60. The topological polar surface area (TPSA) is 72.9 Å².